The number of hydrogen-bond donors (Lipinski definition) is 3. The van der Waals surface area contributed by atoms with Crippen LogP contribution in [0.2, 0.25) is 0 Å². The molecule has 150 valence electrons. The van der Waals surface area contributed by atoms with Crippen molar-refractivity contribution in [2.45, 2.75) is 24.5 Å². The molecule has 0 unspecified atom stereocenters. The van der Waals surface area contributed by atoms with Crippen molar-refractivity contribution in [3.63, 3.8) is 0 Å². The molecule has 29 heavy (non-hydrogen) atoms. The van der Waals surface area contributed by atoms with E-state index in [2.05, 4.69) is 16.1 Å². The van der Waals surface area contributed by atoms with Crippen LogP contribution < -0.4 is 16.1 Å². The molecule has 2 heterocycles. The van der Waals surface area contributed by atoms with Crippen molar-refractivity contribution >= 4 is 29.3 Å². The molecule has 0 bridgehead atoms. The Kier molecular flexibility index (Phi) is 5.46. The predicted molar refractivity (Wildman–Crippen MR) is 112 cm³/mol. The summed E-state index contributed by atoms with van der Waals surface area (Å²) in [6, 6.07) is 17.8. The highest BCUT2D eigenvalue weighted by atomic mass is 32.1. The van der Waals surface area contributed by atoms with Gasteiger partial charge >= 0.3 is 6.03 Å². The highest BCUT2D eigenvalue weighted by molar-refractivity contribution is 7.80. The number of urea groups is 1. The number of rotatable bonds is 5. The summed E-state index contributed by atoms with van der Waals surface area (Å²) in [4.78, 5) is 26.3. The summed E-state index contributed by atoms with van der Waals surface area (Å²) >= 11 is 5.29. The average molecular weight is 410 g/mol. The monoisotopic (exact) mass is 410 g/mol. The number of ether oxygens (including phenoxy) is 1. The first-order valence-corrected chi connectivity index (χ1v) is 9.96. The van der Waals surface area contributed by atoms with Crippen LogP contribution in [0.5, 0.6) is 0 Å². The standard InChI is InChI=1S/C21H22N4O3S/c26-18-21(15-8-3-1-4-9-15,16-10-5-2-6-11-16)23-20(27)25(18)24-19(29)22-14-17-12-7-13-28-17/h1-6,8-11,17H,7,12-14H2,(H,23,27)(H2,22,24,29)/t17-/m0/s1. The van der Waals surface area contributed by atoms with E-state index in [-0.39, 0.29) is 11.2 Å². The molecule has 0 spiro atoms. The number of hydrazine groups is 1. The van der Waals surface area contributed by atoms with Crippen LogP contribution in [0.4, 0.5) is 4.79 Å². The predicted octanol–water partition coefficient (Wildman–Crippen LogP) is 2.04. The number of nitrogens with one attached hydrogen (secondary N) is 3. The summed E-state index contributed by atoms with van der Waals surface area (Å²) in [5, 5.41) is 7.02. The zero-order valence-electron chi connectivity index (χ0n) is 15.8. The van der Waals surface area contributed by atoms with Gasteiger partial charge in [0.2, 0.25) is 0 Å². The number of amides is 3. The molecule has 3 N–H and O–H groups in total. The Labute approximate surface area is 174 Å². The molecule has 2 aliphatic heterocycles. The van der Waals surface area contributed by atoms with Gasteiger partial charge in [-0.3, -0.25) is 10.2 Å². The summed E-state index contributed by atoms with van der Waals surface area (Å²) < 4.78 is 5.55. The second kappa shape index (κ2) is 8.18. The third kappa shape index (κ3) is 3.68. The van der Waals surface area contributed by atoms with E-state index in [1.54, 1.807) is 0 Å². The van der Waals surface area contributed by atoms with Crippen molar-refractivity contribution < 1.29 is 14.3 Å². The van der Waals surface area contributed by atoms with Crippen LogP contribution in [-0.2, 0) is 15.1 Å². The number of nitrogens with zero attached hydrogens (tertiary/aromatic N) is 1. The Morgan fingerprint density at radius 3 is 2.28 bits per heavy atom. The van der Waals surface area contributed by atoms with Gasteiger partial charge in [0.1, 0.15) is 0 Å². The van der Waals surface area contributed by atoms with Crippen LogP contribution in [0.15, 0.2) is 60.7 Å². The van der Waals surface area contributed by atoms with Gasteiger partial charge in [-0.15, -0.1) is 0 Å². The fourth-order valence-electron chi connectivity index (χ4n) is 3.72. The maximum Gasteiger partial charge on any atom is 0.344 e. The second-order valence-corrected chi connectivity index (χ2v) is 7.42. The van der Waals surface area contributed by atoms with Crippen molar-refractivity contribution in [2.75, 3.05) is 13.2 Å². The van der Waals surface area contributed by atoms with Gasteiger partial charge in [-0.25, -0.2) is 4.79 Å². The van der Waals surface area contributed by atoms with E-state index in [1.807, 2.05) is 60.7 Å². The van der Waals surface area contributed by atoms with Crippen LogP contribution in [0.25, 0.3) is 0 Å². The van der Waals surface area contributed by atoms with Crippen LogP contribution in [0, 0.1) is 0 Å². The molecule has 0 radical (unpaired) electrons. The van der Waals surface area contributed by atoms with Gasteiger partial charge in [-0.1, -0.05) is 60.7 Å². The van der Waals surface area contributed by atoms with Gasteiger partial charge in [-0.2, -0.15) is 5.01 Å². The van der Waals surface area contributed by atoms with E-state index < -0.39 is 17.5 Å². The normalized spacial score (nSPS) is 20.4. The van der Waals surface area contributed by atoms with Crippen LogP contribution >= 0.6 is 12.2 Å². The molecule has 2 fully saturated rings. The quantitative estimate of drug-likeness (QED) is 0.517. The molecule has 4 rings (SSSR count). The SMILES string of the molecule is O=C1NC(c2ccccc2)(c2ccccc2)C(=O)N1NC(=S)NC[C@@H]1CCCO1. The molecule has 8 heteroatoms. The Bertz CT molecular complexity index is 861. The topological polar surface area (TPSA) is 82.7 Å². The maximum absolute atomic E-state index is 13.5. The summed E-state index contributed by atoms with van der Waals surface area (Å²) in [5.41, 5.74) is 2.76. The second-order valence-electron chi connectivity index (χ2n) is 7.01. The van der Waals surface area contributed by atoms with E-state index in [0.717, 1.165) is 24.5 Å². The van der Waals surface area contributed by atoms with E-state index in [0.29, 0.717) is 17.7 Å². The number of benzene rings is 2. The van der Waals surface area contributed by atoms with Gasteiger partial charge in [0, 0.05) is 13.2 Å². The zero-order chi connectivity index (χ0) is 20.3. The molecule has 7 nitrogen and oxygen atoms in total. The number of imide groups is 1. The Morgan fingerprint density at radius 2 is 1.72 bits per heavy atom. The number of carbonyl (C=O) groups is 2. The van der Waals surface area contributed by atoms with Crippen LogP contribution in [0.3, 0.4) is 0 Å². The summed E-state index contributed by atoms with van der Waals surface area (Å²) in [6.45, 7) is 1.27. The molecular weight excluding hydrogens is 388 g/mol. The lowest BCUT2D eigenvalue weighted by molar-refractivity contribution is -0.131. The molecule has 2 aliphatic rings. The Morgan fingerprint density at radius 1 is 1.10 bits per heavy atom. The number of carbonyl (C=O) groups excluding carboxylic acids is 2. The smallest absolute Gasteiger partial charge is 0.344 e. The van der Waals surface area contributed by atoms with Gasteiger partial charge in [-0.05, 0) is 36.2 Å². The molecule has 1 atom stereocenters. The molecule has 3 amide bonds. The van der Waals surface area contributed by atoms with Gasteiger partial charge in [0.15, 0.2) is 10.7 Å². The van der Waals surface area contributed by atoms with Crippen molar-refractivity contribution in [3.05, 3.63) is 71.8 Å². The molecule has 0 aliphatic carbocycles. The lowest BCUT2D eigenvalue weighted by Crippen LogP contribution is -2.52. The maximum atomic E-state index is 13.5. The molecule has 2 aromatic carbocycles. The summed E-state index contributed by atoms with van der Waals surface area (Å²) in [5.74, 6) is -0.443. The Balaban J connectivity index is 1.57. The minimum atomic E-state index is -1.32. The van der Waals surface area contributed by atoms with Crippen molar-refractivity contribution in [1.82, 2.24) is 21.1 Å². The highest BCUT2D eigenvalue weighted by Crippen LogP contribution is 2.35. The lowest BCUT2D eigenvalue weighted by Gasteiger charge is -2.28. The van der Waals surface area contributed by atoms with E-state index in [1.165, 1.54) is 0 Å². The van der Waals surface area contributed by atoms with Crippen molar-refractivity contribution in [1.29, 1.82) is 0 Å². The van der Waals surface area contributed by atoms with E-state index >= 15 is 0 Å². The number of hydrogen-bond acceptors (Lipinski definition) is 4. The first-order valence-electron chi connectivity index (χ1n) is 9.55. The fraction of sp³-hybridized carbons (Fsp3) is 0.286. The largest absolute Gasteiger partial charge is 0.376 e. The summed E-state index contributed by atoms with van der Waals surface area (Å²) in [7, 11) is 0. The molecule has 0 saturated carbocycles. The van der Waals surface area contributed by atoms with E-state index in [4.69, 9.17) is 17.0 Å². The summed E-state index contributed by atoms with van der Waals surface area (Å²) in [6.07, 6.45) is 2.07. The van der Waals surface area contributed by atoms with E-state index in [9.17, 15) is 9.59 Å². The zero-order valence-corrected chi connectivity index (χ0v) is 16.6. The molecule has 2 saturated heterocycles. The highest BCUT2D eigenvalue weighted by Gasteiger charge is 2.54. The first kappa shape index (κ1) is 19.4. The van der Waals surface area contributed by atoms with Gasteiger partial charge in [0.05, 0.1) is 6.10 Å². The first-order chi connectivity index (χ1) is 14.1. The Hall–Kier alpha value is -2.97. The third-order valence-electron chi connectivity index (χ3n) is 5.16. The van der Waals surface area contributed by atoms with Crippen LogP contribution in [0.1, 0.15) is 24.0 Å². The van der Waals surface area contributed by atoms with Crippen LogP contribution in [-0.4, -0.2) is 41.3 Å². The molecular formula is C21H22N4O3S. The minimum Gasteiger partial charge on any atom is -0.376 e. The van der Waals surface area contributed by atoms with Gasteiger partial charge in [0.25, 0.3) is 5.91 Å². The average Bonchev–Trinajstić information content (AvgIpc) is 3.36. The molecule has 2 aromatic rings. The van der Waals surface area contributed by atoms with Crippen molar-refractivity contribution in [3.8, 4) is 0 Å². The van der Waals surface area contributed by atoms with Gasteiger partial charge < -0.3 is 15.4 Å². The fourth-order valence-corrected chi connectivity index (χ4v) is 3.89. The molecule has 0 aromatic heterocycles. The number of thiocarbonyl (C=S) groups is 1. The minimum absolute atomic E-state index is 0.0885. The third-order valence-corrected chi connectivity index (χ3v) is 5.40. The van der Waals surface area contributed by atoms with Crippen molar-refractivity contribution in [2.24, 2.45) is 0 Å². The lowest BCUT2D eigenvalue weighted by atomic mass is 9.83.